The van der Waals surface area contributed by atoms with Gasteiger partial charge in [-0.2, -0.15) is 0 Å². The van der Waals surface area contributed by atoms with Crippen LogP contribution < -0.4 is 5.73 Å². The summed E-state index contributed by atoms with van der Waals surface area (Å²) in [4.78, 5) is 4.74. The smallest absolute Gasteiger partial charge is 0.0307 e. The summed E-state index contributed by atoms with van der Waals surface area (Å²) in [6, 6.07) is 8.71. The minimum absolute atomic E-state index is 0.151. The topological polar surface area (TPSA) is 32.5 Å². The molecule has 0 amide bonds. The highest BCUT2D eigenvalue weighted by molar-refractivity contribution is 5.24. The second-order valence-electron chi connectivity index (χ2n) is 5.90. The number of nitrogens with zero attached hydrogens (tertiary/aromatic N) is 2. The summed E-state index contributed by atoms with van der Waals surface area (Å²) in [5.74, 6) is 0. The van der Waals surface area contributed by atoms with E-state index >= 15 is 0 Å². The molecule has 3 nitrogen and oxygen atoms in total. The van der Waals surface area contributed by atoms with Crippen LogP contribution in [-0.2, 0) is 0 Å². The summed E-state index contributed by atoms with van der Waals surface area (Å²) in [7, 11) is 4.26. The average Bonchev–Trinajstić information content (AvgIpc) is 2.41. The predicted octanol–water partition coefficient (Wildman–Crippen LogP) is 2.66. The molecular weight excluding hydrogens is 246 g/mol. The Hall–Kier alpha value is -0.900. The van der Waals surface area contributed by atoms with Crippen LogP contribution in [0.2, 0.25) is 0 Å². The maximum absolute atomic E-state index is 6.31. The molecule has 0 aliphatic heterocycles. The van der Waals surface area contributed by atoms with Gasteiger partial charge in [0.05, 0.1) is 0 Å². The molecule has 1 rings (SSSR count). The summed E-state index contributed by atoms with van der Waals surface area (Å²) in [5.41, 5.74) is 8.86. The van der Waals surface area contributed by atoms with Crippen molar-refractivity contribution in [1.29, 1.82) is 0 Å². The Morgan fingerprint density at radius 3 is 2.50 bits per heavy atom. The predicted molar refractivity (Wildman–Crippen MR) is 88.0 cm³/mol. The SMILES string of the molecule is CCN(CCCN(C)C)CCC(N)c1cccc(C)c1. The van der Waals surface area contributed by atoms with Crippen molar-refractivity contribution in [3.8, 4) is 0 Å². The summed E-state index contributed by atoms with van der Waals surface area (Å²) >= 11 is 0. The van der Waals surface area contributed by atoms with Gasteiger partial charge in [-0.1, -0.05) is 36.8 Å². The highest BCUT2D eigenvalue weighted by Crippen LogP contribution is 2.15. The quantitative estimate of drug-likeness (QED) is 0.753. The van der Waals surface area contributed by atoms with E-state index in [9.17, 15) is 0 Å². The van der Waals surface area contributed by atoms with Gasteiger partial charge in [0.1, 0.15) is 0 Å². The van der Waals surface area contributed by atoms with Gasteiger partial charge in [-0.15, -0.1) is 0 Å². The van der Waals surface area contributed by atoms with Crippen molar-refractivity contribution in [3.05, 3.63) is 35.4 Å². The molecule has 1 atom stereocenters. The zero-order chi connectivity index (χ0) is 15.0. The third-order valence-electron chi connectivity index (χ3n) is 3.75. The largest absolute Gasteiger partial charge is 0.324 e. The fourth-order valence-corrected chi connectivity index (χ4v) is 2.43. The fraction of sp³-hybridized carbons (Fsp3) is 0.647. The van der Waals surface area contributed by atoms with Gasteiger partial charge >= 0.3 is 0 Å². The lowest BCUT2D eigenvalue weighted by Gasteiger charge is -2.23. The van der Waals surface area contributed by atoms with Gasteiger partial charge in [0.25, 0.3) is 0 Å². The first-order chi connectivity index (χ1) is 9.52. The zero-order valence-corrected chi connectivity index (χ0v) is 13.6. The molecule has 0 spiro atoms. The molecule has 0 bridgehead atoms. The van der Waals surface area contributed by atoms with Crippen molar-refractivity contribution in [3.63, 3.8) is 0 Å². The molecule has 0 saturated heterocycles. The summed E-state index contributed by atoms with van der Waals surface area (Å²) < 4.78 is 0. The van der Waals surface area contributed by atoms with Crippen LogP contribution in [0.1, 0.15) is 36.9 Å². The summed E-state index contributed by atoms with van der Waals surface area (Å²) in [5, 5.41) is 0. The van der Waals surface area contributed by atoms with Gasteiger partial charge in [0.2, 0.25) is 0 Å². The first-order valence-corrected chi connectivity index (χ1v) is 7.72. The number of aryl methyl sites for hydroxylation is 1. The standard InChI is InChI=1S/C17H31N3/c1-5-20(12-7-11-19(3)4)13-10-17(18)16-9-6-8-15(2)14-16/h6,8-9,14,17H,5,7,10-13,18H2,1-4H3. The molecule has 0 aromatic heterocycles. The highest BCUT2D eigenvalue weighted by atomic mass is 15.1. The lowest BCUT2D eigenvalue weighted by molar-refractivity contribution is 0.257. The molecule has 0 aliphatic rings. The number of hydrogen-bond donors (Lipinski definition) is 1. The molecule has 0 fully saturated rings. The Kier molecular flexibility index (Phi) is 7.82. The molecule has 0 heterocycles. The lowest BCUT2D eigenvalue weighted by Crippen LogP contribution is -2.30. The van der Waals surface area contributed by atoms with Gasteiger partial charge in [-0.05, 0) is 65.6 Å². The Bertz CT molecular complexity index is 376. The van der Waals surface area contributed by atoms with Crippen LogP contribution in [0.3, 0.4) is 0 Å². The van der Waals surface area contributed by atoms with E-state index < -0.39 is 0 Å². The minimum Gasteiger partial charge on any atom is -0.324 e. The number of nitrogens with two attached hydrogens (primary N) is 1. The molecule has 0 radical (unpaired) electrons. The monoisotopic (exact) mass is 277 g/mol. The number of benzene rings is 1. The van der Waals surface area contributed by atoms with E-state index in [1.165, 1.54) is 17.5 Å². The van der Waals surface area contributed by atoms with Gasteiger partial charge in [-0.25, -0.2) is 0 Å². The Labute approximate surface area is 124 Å². The molecule has 114 valence electrons. The molecule has 1 aromatic carbocycles. The first-order valence-electron chi connectivity index (χ1n) is 7.72. The van der Waals surface area contributed by atoms with E-state index in [2.05, 4.69) is 62.0 Å². The third-order valence-corrected chi connectivity index (χ3v) is 3.75. The van der Waals surface area contributed by atoms with Crippen LogP contribution in [0.25, 0.3) is 0 Å². The van der Waals surface area contributed by atoms with Crippen molar-refractivity contribution in [2.75, 3.05) is 40.3 Å². The molecule has 1 aromatic rings. The summed E-state index contributed by atoms with van der Waals surface area (Å²) in [6.45, 7) is 8.85. The molecular formula is C17H31N3. The minimum atomic E-state index is 0.151. The van der Waals surface area contributed by atoms with Crippen LogP contribution in [0.15, 0.2) is 24.3 Å². The van der Waals surface area contributed by atoms with Gasteiger partial charge in [-0.3, -0.25) is 0 Å². The second kappa shape index (κ2) is 9.11. The normalized spacial score (nSPS) is 13.2. The van der Waals surface area contributed by atoms with Crippen molar-refractivity contribution < 1.29 is 0 Å². The lowest BCUT2D eigenvalue weighted by atomic mass is 10.0. The number of hydrogen-bond acceptors (Lipinski definition) is 3. The van der Waals surface area contributed by atoms with Gasteiger partial charge < -0.3 is 15.5 Å². The highest BCUT2D eigenvalue weighted by Gasteiger charge is 2.09. The zero-order valence-electron chi connectivity index (χ0n) is 13.6. The van der Waals surface area contributed by atoms with Crippen LogP contribution in [0.4, 0.5) is 0 Å². The third kappa shape index (κ3) is 6.51. The van der Waals surface area contributed by atoms with E-state index in [1.54, 1.807) is 0 Å². The van der Waals surface area contributed by atoms with Crippen molar-refractivity contribution in [2.24, 2.45) is 5.73 Å². The Morgan fingerprint density at radius 1 is 1.15 bits per heavy atom. The van der Waals surface area contributed by atoms with Crippen molar-refractivity contribution in [2.45, 2.75) is 32.7 Å². The van der Waals surface area contributed by atoms with Gasteiger partial charge in [0, 0.05) is 6.04 Å². The second-order valence-corrected chi connectivity index (χ2v) is 5.90. The molecule has 2 N–H and O–H groups in total. The fourth-order valence-electron chi connectivity index (χ4n) is 2.43. The molecule has 1 unspecified atom stereocenters. The van der Waals surface area contributed by atoms with Crippen LogP contribution in [0.5, 0.6) is 0 Å². The van der Waals surface area contributed by atoms with Crippen LogP contribution in [0, 0.1) is 6.92 Å². The molecule has 3 heteroatoms. The Morgan fingerprint density at radius 2 is 1.90 bits per heavy atom. The van der Waals surface area contributed by atoms with E-state index in [-0.39, 0.29) is 6.04 Å². The average molecular weight is 277 g/mol. The van der Waals surface area contributed by atoms with Crippen LogP contribution in [-0.4, -0.2) is 50.1 Å². The van der Waals surface area contributed by atoms with Crippen molar-refractivity contribution in [1.82, 2.24) is 9.80 Å². The molecule has 20 heavy (non-hydrogen) atoms. The van der Waals surface area contributed by atoms with E-state index in [0.717, 1.165) is 32.6 Å². The molecule has 0 aliphatic carbocycles. The van der Waals surface area contributed by atoms with E-state index in [4.69, 9.17) is 5.73 Å². The van der Waals surface area contributed by atoms with E-state index in [0.29, 0.717) is 0 Å². The molecule has 0 saturated carbocycles. The number of rotatable bonds is 9. The van der Waals surface area contributed by atoms with Crippen molar-refractivity contribution >= 4 is 0 Å². The Balaban J connectivity index is 2.36. The summed E-state index contributed by atoms with van der Waals surface area (Å²) in [6.07, 6.45) is 2.25. The maximum atomic E-state index is 6.31. The maximum Gasteiger partial charge on any atom is 0.0307 e. The first kappa shape index (κ1) is 17.2. The van der Waals surface area contributed by atoms with Gasteiger partial charge in [0.15, 0.2) is 0 Å². The van der Waals surface area contributed by atoms with E-state index in [1.807, 2.05) is 0 Å². The van der Waals surface area contributed by atoms with Crippen LogP contribution >= 0.6 is 0 Å².